The van der Waals surface area contributed by atoms with E-state index in [1.54, 1.807) is 12.1 Å². The molecule has 1 unspecified atom stereocenters. The first-order valence-electron chi connectivity index (χ1n) is 10.1. The zero-order valence-corrected chi connectivity index (χ0v) is 20.2. The highest BCUT2D eigenvalue weighted by Crippen LogP contribution is 2.36. The molecule has 2 N–H and O–H groups in total. The summed E-state index contributed by atoms with van der Waals surface area (Å²) in [7, 11) is -1.71. The third-order valence-corrected chi connectivity index (χ3v) is 10.3. The van der Waals surface area contributed by atoms with Gasteiger partial charge in [-0.1, -0.05) is 50.6 Å². The second-order valence-corrected chi connectivity index (χ2v) is 14.0. The van der Waals surface area contributed by atoms with E-state index in [9.17, 15) is 0 Å². The smallest absolute Gasteiger partial charge is 0.191 e. The van der Waals surface area contributed by atoms with Gasteiger partial charge in [0.15, 0.2) is 8.32 Å². The van der Waals surface area contributed by atoms with Crippen LogP contribution in [0.3, 0.4) is 0 Å². The number of benzene rings is 2. The van der Waals surface area contributed by atoms with Crippen LogP contribution >= 0.6 is 11.6 Å². The van der Waals surface area contributed by atoms with E-state index in [2.05, 4.69) is 33.9 Å². The first kappa shape index (κ1) is 23.6. The molecule has 2 rings (SSSR count). The molecule has 0 aromatic heterocycles. The Morgan fingerprint density at radius 1 is 1.07 bits per heavy atom. The van der Waals surface area contributed by atoms with E-state index >= 15 is 0 Å². The van der Waals surface area contributed by atoms with Gasteiger partial charge in [0.1, 0.15) is 17.6 Å². The number of halogens is 1. The van der Waals surface area contributed by atoms with Gasteiger partial charge in [-0.2, -0.15) is 0 Å². The molecular formula is C23H34ClNO3Si. The first-order chi connectivity index (χ1) is 13.5. The number of hydrogen-bond acceptors (Lipinski definition) is 4. The van der Waals surface area contributed by atoms with Gasteiger partial charge in [-0.15, -0.1) is 0 Å². The van der Waals surface area contributed by atoms with Crippen molar-refractivity contribution in [2.24, 2.45) is 0 Å². The highest BCUT2D eigenvalue weighted by atomic mass is 35.5. The van der Waals surface area contributed by atoms with Gasteiger partial charge in [0.05, 0.1) is 17.3 Å². The average Bonchev–Trinajstić information content (AvgIpc) is 2.64. The van der Waals surface area contributed by atoms with Gasteiger partial charge >= 0.3 is 0 Å². The molecule has 4 nitrogen and oxygen atoms in total. The predicted molar refractivity (Wildman–Crippen MR) is 125 cm³/mol. The molecule has 0 spiro atoms. The van der Waals surface area contributed by atoms with Crippen LogP contribution in [-0.2, 0) is 4.43 Å². The monoisotopic (exact) mass is 435 g/mol. The molecule has 0 aliphatic heterocycles. The van der Waals surface area contributed by atoms with Gasteiger partial charge in [0.2, 0.25) is 0 Å². The summed E-state index contributed by atoms with van der Waals surface area (Å²) >= 11 is 5.99. The summed E-state index contributed by atoms with van der Waals surface area (Å²) in [6.07, 6.45) is 0.666. The molecule has 2 aromatic carbocycles. The van der Waals surface area contributed by atoms with Crippen LogP contribution in [0.5, 0.6) is 11.5 Å². The third kappa shape index (κ3) is 6.66. The largest absolute Gasteiger partial charge is 0.493 e. The van der Waals surface area contributed by atoms with Crippen molar-refractivity contribution in [1.29, 1.82) is 0 Å². The summed E-state index contributed by atoms with van der Waals surface area (Å²) in [5, 5.41) is 0.742. The molecule has 0 saturated heterocycles. The first-order valence-corrected chi connectivity index (χ1v) is 13.4. The zero-order valence-electron chi connectivity index (χ0n) is 18.4. The van der Waals surface area contributed by atoms with Crippen molar-refractivity contribution in [2.75, 3.05) is 18.9 Å². The van der Waals surface area contributed by atoms with Crippen LogP contribution in [0.4, 0.5) is 5.69 Å². The van der Waals surface area contributed by atoms with Crippen LogP contribution in [0, 0.1) is 0 Å². The van der Waals surface area contributed by atoms with Crippen molar-refractivity contribution in [3.05, 3.63) is 53.1 Å². The van der Waals surface area contributed by atoms with Crippen molar-refractivity contribution < 1.29 is 13.9 Å². The highest BCUT2D eigenvalue weighted by molar-refractivity contribution is 6.74. The molecule has 0 radical (unpaired) electrons. The van der Waals surface area contributed by atoms with E-state index in [0.717, 1.165) is 24.3 Å². The van der Waals surface area contributed by atoms with Crippen LogP contribution in [0.2, 0.25) is 23.2 Å². The lowest BCUT2D eigenvalue weighted by Gasteiger charge is -2.36. The Morgan fingerprint density at radius 3 is 2.41 bits per heavy atom. The van der Waals surface area contributed by atoms with E-state index in [1.165, 1.54) is 0 Å². The van der Waals surface area contributed by atoms with Crippen LogP contribution < -0.4 is 15.2 Å². The number of nitrogens with two attached hydrogens (primary N) is 1. The Morgan fingerprint density at radius 2 is 1.76 bits per heavy atom. The van der Waals surface area contributed by atoms with Crippen LogP contribution in [0.1, 0.15) is 45.8 Å². The maximum atomic E-state index is 6.22. The molecule has 0 aliphatic carbocycles. The molecule has 29 heavy (non-hydrogen) atoms. The van der Waals surface area contributed by atoms with Crippen molar-refractivity contribution in [3.8, 4) is 11.5 Å². The van der Waals surface area contributed by atoms with E-state index in [1.807, 2.05) is 37.3 Å². The van der Waals surface area contributed by atoms with E-state index in [-0.39, 0.29) is 11.1 Å². The van der Waals surface area contributed by atoms with Crippen LogP contribution in [0.15, 0.2) is 42.5 Å². The van der Waals surface area contributed by atoms with Gasteiger partial charge in [-0.25, -0.2) is 0 Å². The maximum Gasteiger partial charge on any atom is 0.191 e. The van der Waals surface area contributed by atoms with Crippen molar-refractivity contribution >= 4 is 25.6 Å². The van der Waals surface area contributed by atoms with Crippen molar-refractivity contribution in [2.45, 2.75) is 58.4 Å². The van der Waals surface area contributed by atoms with Gasteiger partial charge in [-0.3, -0.25) is 0 Å². The average molecular weight is 436 g/mol. The number of hydrogen-bond donors (Lipinski definition) is 1. The second-order valence-electron chi connectivity index (χ2n) is 8.79. The van der Waals surface area contributed by atoms with Crippen molar-refractivity contribution in [3.63, 3.8) is 0 Å². The quantitative estimate of drug-likeness (QED) is 0.265. The van der Waals surface area contributed by atoms with E-state index in [0.29, 0.717) is 23.1 Å². The Bertz CT molecular complexity index is 805. The molecule has 2 aromatic rings. The molecular weight excluding hydrogens is 402 g/mol. The maximum absolute atomic E-state index is 6.22. The highest BCUT2D eigenvalue weighted by Gasteiger charge is 2.36. The minimum atomic E-state index is -1.71. The lowest BCUT2D eigenvalue weighted by molar-refractivity contribution is 0.208. The minimum absolute atomic E-state index is 0.185. The number of anilines is 1. The van der Waals surface area contributed by atoms with Crippen LogP contribution in [-0.4, -0.2) is 21.5 Å². The Labute approximate surface area is 181 Å². The molecule has 0 amide bonds. The van der Waals surface area contributed by atoms with Gasteiger partial charge in [0, 0.05) is 24.7 Å². The summed E-state index contributed by atoms with van der Waals surface area (Å²) in [6, 6.07) is 13.2. The predicted octanol–water partition coefficient (Wildman–Crippen LogP) is 6.85. The summed E-state index contributed by atoms with van der Waals surface area (Å²) in [5.41, 5.74) is 7.37. The van der Waals surface area contributed by atoms with Gasteiger partial charge in [-0.05, 0) is 43.3 Å². The molecule has 0 saturated carbocycles. The lowest BCUT2D eigenvalue weighted by Crippen LogP contribution is -2.41. The summed E-state index contributed by atoms with van der Waals surface area (Å²) < 4.78 is 18.3. The fourth-order valence-corrected chi connectivity index (χ4v) is 3.80. The number of rotatable bonds is 9. The SMILES string of the molecule is CC(Oc1ccc(Cl)c(N)c1)c1ccccc1OCCCO[Si](C)(C)C(C)(C)C. The molecule has 0 bridgehead atoms. The van der Waals surface area contributed by atoms with E-state index < -0.39 is 8.32 Å². The lowest BCUT2D eigenvalue weighted by atomic mass is 10.1. The molecule has 0 aliphatic rings. The number of ether oxygens (including phenoxy) is 2. The van der Waals surface area contributed by atoms with Crippen molar-refractivity contribution in [1.82, 2.24) is 0 Å². The molecule has 0 heterocycles. The fraction of sp³-hybridized carbons (Fsp3) is 0.478. The fourth-order valence-electron chi connectivity index (χ4n) is 2.60. The topological polar surface area (TPSA) is 53.7 Å². The molecule has 6 heteroatoms. The molecule has 0 fully saturated rings. The summed E-state index contributed by atoms with van der Waals surface area (Å²) in [5.74, 6) is 1.51. The Hall–Kier alpha value is -1.69. The standard InChI is InChI=1S/C23H34ClNO3Si/c1-17(28-18-12-13-20(24)21(25)16-18)19-10-7-8-11-22(19)26-14-9-15-27-29(5,6)23(2,3)4/h7-8,10-13,16-17H,9,14-15,25H2,1-6H3. The van der Waals surface area contributed by atoms with Gasteiger partial charge < -0.3 is 19.6 Å². The van der Waals surface area contributed by atoms with Gasteiger partial charge in [0.25, 0.3) is 0 Å². The Kier molecular flexibility index (Phi) is 8.03. The zero-order chi connectivity index (χ0) is 21.7. The number of para-hydroxylation sites is 1. The van der Waals surface area contributed by atoms with Crippen LogP contribution in [0.25, 0.3) is 0 Å². The normalized spacial score (nSPS) is 13.2. The minimum Gasteiger partial charge on any atom is -0.493 e. The van der Waals surface area contributed by atoms with E-state index in [4.69, 9.17) is 31.2 Å². The second kappa shape index (κ2) is 9.87. The third-order valence-electron chi connectivity index (χ3n) is 5.45. The molecule has 1 atom stereocenters. The number of nitrogen functional groups attached to an aromatic ring is 1. The summed E-state index contributed by atoms with van der Waals surface area (Å²) in [4.78, 5) is 0. The summed E-state index contributed by atoms with van der Waals surface area (Å²) in [6.45, 7) is 14.6. The Balaban J connectivity index is 1.92. The molecule has 160 valence electrons.